The van der Waals surface area contributed by atoms with E-state index in [1.807, 2.05) is 0 Å². The van der Waals surface area contributed by atoms with Crippen LogP contribution in [0.5, 0.6) is 0 Å². The highest BCUT2D eigenvalue weighted by Crippen LogP contribution is 2.32. The topological polar surface area (TPSA) is 40.5 Å². The molecule has 0 fully saturated rings. The molecule has 16 heavy (non-hydrogen) atoms. The second-order valence-corrected chi connectivity index (χ2v) is 4.78. The van der Waals surface area contributed by atoms with E-state index in [9.17, 15) is 0 Å². The van der Waals surface area contributed by atoms with E-state index in [0.717, 1.165) is 5.56 Å². The molecule has 1 rings (SSSR count). The number of hydrogen-bond donors (Lipinski definition) is 2. The van der Waals surface area contributed by atoms with Crippen molar-refractivity contribution in [1.82, 2.24) is 0 Å². The molecule has 0 unspecified atom stereocenters. The van der Waals surface area contributed by atoms with Crippen LogP contribution in [0.1, 0.15) is 12.0 Å². The summed E-state index contributed by atoms with van der Waals surface area (Å²) < 4.78 is 0. The summed E-state index contributed by atoms with van der Waals surface area (Å²) in [5, 5.41) is 19.4. The number of hydrogen-bond acceptors (Lipinski definition) is 2. The van der Waals surface area contributed by atoms with Gasteiger partial charge in [0.25, 0.3) is 0 Å². The van der Waals surface area contributed by atoms with Crippen LogP contribution in [0.3, 0.4) is 0 Å². The summed E-state index contributed by atoms with van der Waals surface area (Å²) in [7, 11) is 0. The van der Waals surface area contributed by atoms with Gasteiger partial charge >= 0.3 is 0 Å². The van der Waals surface area contributed by atoms with E-state index in [2.05, 4.69) is 0 Å². The van der Waals surface area contributed by atoms with Gasteiger partial charge in [-0.25, -0.2) is 0 Å². The minimum absolute atomic E-state index is 0.0493. The first kappa shape index (κ1) is 14.1. The maximum absolute atomic E-state index is 8.95. The maximum Gasteiger partial charge on any atom is 0.0639 e. The largest absolute Gasteiger partial charge is 0.396 e. The Labute approximate surface area is 110 Å². The molecule has 0 amide bonds. The highest BCUT2D eigenvalue weighted by atomic mass is 35.5. The lowest BCUT2D eigenvalue weighted by atomic mass is 10.0. The molecule has 1 aromatic rings. The van der Waals surface area contributed by atoms with Gasteiger partial charge in [-0.1, -0.05) is 34.8 Å². The van der Waals surface area contributed by atoms with Crippen molar-refractivity contribution in [2.75, 3.05) is 13.2 Å². The van der Waals surface area contributed by atoms with Crippen LogP contribution in [0, 0.1) is 5.92 Å². The van der Waals surface area contributed by atoms with Gasteiger partial charge in [0.1, 0.15) is 0 Å². The van der Waals surface area contributed by atoms with Gasteiger partial charge in [-0.2, -0.15) is 0 Å². The zero-order valence-electron chi connectivity index (χ0n) is 8.59. The Balaban J connectivity index is 2.77. The second-order valence-electron chi connectivity index (χ2n) is 3.59. The van der Waals surface area contributed by atoms with Gasteiger partial charge in [-0.05, 0) is 30.5 Å². The maximum atomic E-state index is 8.95. The average Bonchev–Trinajstić information content (AvgIpc) is 2.29. The minimum Gasteiger partial charge on any atom is -0.396 e. The van der Waals surface area contributed by atoms with Crippen LogP contribution in [-0.2, 0) is 6.42 Å². The third-order valence-corrected chi connectivity index (χ3v) is 3.66. The molecule has 0 atom stereocenters. The van der Waals surface area contributed by atoms with Crippen molar-refractivity contribution in [3.05, 3.63) is 32.8 Å². The van der Waals surface area contributed by atoms with Gasteiger partial charge in [0.05, 0.1) is 10.0 Å². The number of aliphatic hydroxyl groups excluding tert-OH is 2. The molecular weight excluding hydrogens is 270 g/mol. The van der Waals surface area contributed by atoms with E-state index in [1.54, 1.807) is 12.1 Å². The summed E-state index contributed by atoms with van der Waals surface area (Å²) in [4.78, 5) is 0. The predicted molar refractivity (Wildman–Crippen MR) is 67.5 cm³/mol. The van der Waals surface area contributed by atoms with Crippen molar-refractivity contribution in [2.45, 2.75) is 12.8 Å². The van der Waals surface area contributed by atoms with Crippen LogP contribution in [0.2, 0.25) is 15.1 Å². The number of aliphatic hydroxyl groups is 2. The molecule has 0 bridgehead atoms. The molecule has 0 aliphatic rings. The molecule has 2 nitrogen and oxygen atoms in total. The van der Waals surface area contributed by atoms with Gasteiger partial charge in [0.15, 0.2) is 0 Å². The normalized spacial score (nSPS) is 11.1. The third-order valence-electron chi connectivity index (χ3n) is 2.46. The fourth-order valence-corrected chi connectivity index (χ4v) is 2.12. The highest BCUT2D eigenvalue weighted by Gasteiger charge is 2.12. The van der Waals surface area contributed by atoms with E-state index in [0.29, 0.717) is 27.9 Å². The average molecular weight is 284 g/mol. The van der Waals surface area contributed by atoms with Gasteiger partial charge in [0.2, 0.25) is 0 Å². The van der Waals surface area contributed by atoms with Crippen molar-refractivity contribution >= 4 is 34.8 Å². The summed E-state index contributed by atoms with van der Waals surface area (Å²) in [5.41, 5.74) is 0.766. The van der Waals surface area contributed by atoms with E-state index in [1.165, 1.54) is 0 Å². The fraction of sp³-hybridized carbons (Fsp3) is 0.455. The summed E-state index contributed by atoms with van der Waals surface area (Å²) in [5.74, 6) is -0.147. The van der Waals surface area contributed by atoms with Crippen molar-refractivity contribution in [1.29, 1.82) is 0 Å². The number of benzene rings is 1. The molecule has 0 saturated carbocycles. The van der Waals surface area contributed by atoms with Crippen molar-refractivity contribution in [3.63, 3.8) is 0 Å². The molecule has 0 spiro atoms. The van der Waals surface area contributed by atoms with Gasteiger partial charge in [-0.3, -0.25) is 0 Å². The van der Waals surface area contributed by atoms with E-state index in [-0.39, 0.29) is 19.1 Å². The summed E-state index contributed by atoms with van der Waals surface area (Å²) >= 11 is 17.9. The van der Waals surface area contributed by atoms with Crippen LogP contribution in [0.4, 0.5) is 0 Å². The Hall–Kier alpha value is 0.01000. The molecule has 0 heterocycles. The monoisotopic (exact) mass is 282 g/mol. The van der Waals surface area contributed by atoms with Crippen LogP contribution < -0.4 is 0 Å². The molecule has 0 aromatic heterocycles. The number of rotatable bonds is 5. The lowest BCUT2D eigenvalue weighted by Gasteiger charge is -2.13. The van der Waals surface area contributed by atoms with E-state index < -0.39 is 0 Å². The highest BCUT2D eigenvalue weighted by molar-refractivity contribution is 6.44. The summed E-state index contributed by atoms with van der Waals surface area (Å²) in [6, 6.07) is 3.34. The SMILES string of the molecule is OCC(CO)CCc1c(Cl)ccc(Cl)c1Cl. The minimum atomic E-state index is -0.147. The predicted octanol–water partition coefficient (Wildman–Crippen LogP) is 3.18. The molecule has 2 N–H and O–H groups in total. The standard InChI is InChI=1S/C11H13Cl3O2/c12-9-3-4-10(13)11(14)8(9)2-1-7(5-15)6-16/h3-4,7,15-16H,1-2,5-6H2. The van der Waals surface area contributed by atoms with Crippen molar-refractivity contribution in [2.24, 2.45) is 5.92 Å². The van der Waals surface area contributed by atoms with Crippen LogP contribution in [0.15, 0.2) is 12.1 Å². The zero-order chi connectivity index (χ0) is 12.1. The molecule has 0 aliphatic heterocycles. The molecule has 90 valence electrons. The first-order valence-corrected chi connectivity index (χ1v) is 6.07. The van der Waals surface area contributed by atoms with E-state index >= 15 is 0 Å². The van der Waals surface area contributed by atoms with Crippen molar-refractivity contribution < 1.29 is 10.2 Å². The lowest BCUT2D eigenvalue weighted by Crippen LogP contribution is -2.12. The van der Waals surface area contributed by atoms with Crippen molar-refractivity contribution in [3.8, 4) is 0 Å². The first-order valence-electron chi connectivity index (χ1n) is 4.94. The van der Waals surface area contributed by atoms with Gasteiger partial charge < -0.3 is 10.2 Å². The molecule has 0 saturated heterocycles. The Morgan fingerprint density at radius 3 is 2.12 bits per heavy atom. The Kier molecular flexibility index (Phi) is 5.87. The molecular formula is C11H13Cl3O2. The number of halogens is 3. The van der Waals surface area contributed by atoms with Crippen LogP contribution in [0.25, 0.3) is 0 Å². The Morgan fingerprint density at radius 2 is 1.56 bits per heavy atom. The Morgan fingerprint density at radius 1 is 1.00 bits per heavy atom. The molecule has 0 aliphatic carbocycles. The van der Waals surface area contributed by atoms with Gasteiger partial charge in [-0.15, -0.1) is 0 Å². The fourth-order valence-electron chi connectivity index (χ4n) is 1.39. The lowest BCUT2D eigenvalue weighted by molar-refractivity contribution is 0.144. The van der Waals surface area contributed by atoms with E-state index in [4.69, 9.17) is 45.0 Å². The quantitative estimate of drug-likeness (QED) is 0.815. The van der Waals surface area contributed by atoms with Crippen LogP contribution in [-0.4, -0.2) is 23.4 Å². The van der Waals surface area contributed by atoms with Gasteiger partial charge in [0, 0.05) is 24.2 Å². The smallest absolute Gasteiger partial charge is 0.0639 e. The van der Waals surface area contributed by atoms with Crippen LogP contribution >= 0.6 is 34.8 Å². The molecule has 0 radical (unpaired) electrons. The summed E-state index contributed by atoms with van der Waals surface area (Å²) in [6.07, 6.45) is 1.21. The third kappa shape index (κ3) is 3.51. The zero-order valence-corrected chi connectivity index (χ0v) is 10.9. The molecule has 5 heteroatoms. The Bertz CT molecular complexity index is 351. The first-order chi connectivity index (χ1) is 7.60. The molecule has 1 aromatic carbocycles. The summed E-state index contributed by atoms with van der Waals surface area (Å²) in [6.45, 7) is -0.0986. The second kappa shape index (κ2) is 6.67.